The van der Waals surface area contributed by atoms with E-state index in [0.717, 1.165) is 0 Å². The summed E-state index contributed by atoms with van der Waals surface area (Å²) in [6.07, 6.45) is 0. The zero-order valence-electron chi connectivity index (χ0n) is 18.9. The SMILES string of the molecule is CC(F)(F)C(F)(F)C(F)(F)S(=O)(=O)O.Cc1ccc(P(c2ccccc2)c2ccc(C)cc2)cc1. The highest BCUT2D eigenvalue weighted by Crippen LogP contribution is 2.47. The topological polar surface area (TPSA) is 54.4 Å². The molecule has 3 aromatic carbocycles. The normalized spacial score (nSPS) is 12.8. The summed E-state index contributed by atoms with van der Waals surface area (Å²) in [5, 5.41) is -2.02. The fraction of sp³-hybridized carbons (Fsp3) is 0.250. The molecule has 0 aliphatic carbocycles. The number of hydrogen-bond donors (Lipinski definition) is 1. The van der Waals surface area contributed by atoms with Crippen molar-refractivity contribution in [3.8, 4) is 0 Å². The van der Waals surface area contributed by atoms with E-state index in [1.807, 2.05) is 0 Å². The first-order chi connectivity index (χ1) is 16.0. The molecule has 0 aromatic heterocycles. The lowest BCUT2D eigenvalue weighted by atomic mass is 10.2. The van der Waals surface area contributed by atoms with Crippen molar-refractivity contribution in [1.29, 1.82) is 0 Å². The molecule has 0 bridgehead atoms. The van der Waals surface area contributed by atoms with E-state index < -0.39 is 42.1 Å². The molecule has 190 valence electrons. The van der Waals surface area contributed by atoms with Gasteiger partial charge in [-0.15, -0.1) is 0 Å². The summed E-state index contributed by atoms with van der Waals surface area (Å²) in [6, 6.07) is 28.8. The Hall–Kier alpha value is -2.42. The molecule has 1 N–H and O–H groups in total. The van der Waals surface area contributed by atoms with Crippen molar-refractivity contribution in [2.24, 2.45) is 0 Å². The third kappa shape index (κ3) is 6.63. The van der Waals surface area contributed by atoms with Crippen LogP contribution in [-0.2, 0) is 10.1 Å². The predicted octanol–water partition coefficient (Wildman–Crippen LogP) is 5.82. The summed E-state index contributed by atoms with van der Waals surface area (Å²) >= 11 is 0. The second kappa shape index (κ2) is 10.7. The van der Waals surface area contributed by atoms with Gasteiger partial charge in [-0.25, -0.2) is 0 Å². The number of benzene rings is 3. The first kappa shape index (κ1) is 28.8. The third-order valence-electron chi connectivity index (χ3n) is 4.84. The summed E-state index contributed by atoms with van der Waals surface area (Å²) in [6.45, 7) is 3.69. The van der Waals surface area contributed by atoms with E-state index in [1.165, 1.54) is 27.0 Å². The predicted molar refractivity (Wildman–Crippen MR) is 127 cm³/mol. The van der Waals surface area contributed by atoms with E-state index in [0.29, 0.717) is 0 Å². The number of alkyl halides is 6. The summed E-state index contributed by atoms with van der Waals surface area (Å²) in [5.74, 6) is -11.5. The summed E-state index contributed by atoms with van der Waals surface area (Å²) in [5.41, 5.74) is 2.62. The van der Waals surface area contributed by atoms with Gasteiger partial charge in [0.1, 0.15) is 0 Å². The van der Waals surface area contributed by atoms with Crippen molar-refractivity contribution >= 4 is 34.0 Å². The van der Waals surface area contributed by atoms with Crippen LogP contribution in [0.25, 0.3) is 0 Å². The highest BCUT2D eigenvalue weighted by Gasteiger charge is 2.75. The fourth-order valence-corrected chi connectivity index (χ4v) is 5.59. The molecule has 3 aromatic rings. The second-order valence-corrected chi connectivity index (χ2v) is 11.5. The van der Waals surface area contributed by atoms with Crippen molar-refractivity contribution in [3.05, 3.63) is 90.0 Å². The zero-order chi connectivity index (χ0) is 26.7. The molecular weight excluding hydrogens is 513 g/mol. The Morgan fingerprint density at radius 2 is 1.00 bits per heavy atom. The van der Waals surface area contributed by atoms with Gasteiger partial charge >= 0.3 is 27.2 Å². The van der Waals surface area contributed by atoms with Crippen LogP contribution >= 0.6 is 7.92 Å². The Balaban J connectivity index is 0.000000271. The molecule has 35 heavy (non-hydrogen) atoms. The lowest BCUT2D eigenvalue weighted by molar-refractivity contribution is -0.273. The third-order valence-corrected chi connectivity index (χ3v) is 8.19. The van der Waals surface area contributed by atoms with Crippen LogP contribution in [0.3, 0.4) is 0 Å². The van der Waals surface area contributed by atoms with E-state index in [9.17, 15) is 34.8 Å². The molecule has 0 radical (unpaired) electrons. The second-order valence-electron chi connectivity index (χ2n) is 7.80. The summed E-state index contributed by atoms with van der Waals surface area (Å²) in [4.78, 5) is 0. The van der Waals surface area contributed by atoms with E-state index in [1.54, 1.807) is 0 Å². The Labute approximate surface area is 201 Å². The molecule has 0 amide bonds. The average Bonchev–Trinajstić information content (AvgIpc) is 2.76. The molecule has 0 saturated heterocycles. The number of aryl methyl sites for hydroxylation is 2. The van der Waals surface area contributed by atoms with Crippen LogP contribution in [0.2, 0.25) is 0 Å². The van der Waals surface area contributed by atoms with Gasteiger partial charge in [-0.2, -0.15) is 34.8 Å². The maximum atomic E-state index is 12.2. The molecule has 3 rings (SSSR count). The van der Waals surface area contributed by atoms with Crippen LogP contribution in [-0.4, -0.2) is 30.1 Å². The number of halogens is 6. The minimum absolute atomic E-state index is 0.471. The highest BCUT2D eigenvalue weighted by molar-refractivity contribution is 7.87. The molecule has 0 unspecified atom stereocenters. The van der Waals surface area contributed by atoms with Gasteiger partial charge in [-0.1, -0.05) is 90.0 Å². The van der Waals surface area contributed by atoms with Gasteiger partial charge in [0.25, 0.3) is 0 Å². The maximum absolute atomic E-state index is 12.2. The maximum Gasteiger partial charge on any atom is 0.437 e. The Morgan fingerprint density at radius 3 is 1.29 bits per heavy atom. The minimum atomic E-state index is -6.61. The van der Waals surface area contributed by atoms with Crippen LogP contribution in [0.15, 0.2) is 78.9 Å². The first-order valence-electron chi connectivity index (χ1n) is 10.1. The smallest absolute Gasteiger partial charge is 0.281 e. The monoisotopic (exact) mass is 536 g/mol. The molecule has 3 nitrogen and oxygen atoms in total. The highest BCUT2D eigenvalue weighted by atomic mass is 32.2. The molecule has 0 atom stereocenters. The zero-order valence-corrected chi connectivity index (χ0v) is 20.6. The van der Waals surface area contributed by atoms with E-state index in [-0.39, 0.29) is 0 Å². The molecule has 0 saturated carbocycles. The molecule has 0 spiro atoms. The van der Waals surface area contributed by atoms with Crippen LogP contribution < -0.4 is 15.9 Å². The summed E-state index contributed by atoms with van der Waals surface area (Å²) in [7, 11) is -7.08. The van der Waals surface area contributed by atoms with Crippen molar-refractivity contribution in [2.45, 2.75) is 37.9 Å². The van der Waals surface area contributed by atoms with Crippen molar-refractivity contribution in [3.63, 3.8) is 0 Å². The minimum Gasteiger partial charge on any atom is -0.281 e. The Bertz CT molecular complexity index is 1170. The van der Waals surface area contributed by atoms with Crippen molar-refractivity contribution in [2.75, 3.05) is 0 Å². The van der Waals surface area contributed by atoms with Gasteiger partial charge in [-0.05, 0) is 37.7 Å². The van der Waals surface area contributed by atoms with Gasteiger partial charge in [0.2, 0.25) is 0 Å². The Kier molecular flexibility index (Phi) is 8.79. The van der Waals surface area contributed by atoms with Gasteiger partial charge in [0, 0.05) is 6.92 Å². The van der Waals surface area contributed by atoms with Crippen LogP contribution in [0.4, 0.5) is 26.3 Å². The molecule has 11 heteroatoms. The van der Waals surface area contributed by atoms with Gasteiger partial charge in [0.15, 0.2) is 0 Å². The molecular formula is C24H23F6O3PS. The van der Waals surface area contributed by atoms with E-state index >= 15 is 0 Å². The van der Waals surface area contributed by atoms with Gasteiger partial charge in [0.05, 0.1) is 0 Å². The number of rotatable bonds is 6. The Morgan fingerprint density at radius 1 is 0.657 bits per heavy atom. The largest absolute Gasteiger partial charge is 0.437 e. The van der Waals surface area contributed by atoms with Gasteiger partial charge < -0.3 is 0 Å². The van der Waals surface area contributed by atoms with Crippen molar-refractivity contribution < 1.29 is 39.3 Å². The van der Waals surface area contributed by atoms with E-state index in [2.05, 4.69) is 92.7 Å². The molecule has 0 aliphatic heterocycles. The van der Waals surface area contributed by atoms with E-state index in [4.69, 9.17) is 4.55 Å². The summed E-state index contributed by atoms with van der Waals surface area (Å²) < 4.78 is 99.6. The quantitative estimate of drug-likeness (QED) is 0.246. The average molecular weight is 536 g/mol. The fourth-order valence-electron chi connectivity index (χ4n) is 2.83. The van der Waals surface area contributed by atoms with Crippen LogP contribution in [0.5, 0.6) is 0 Å². The van der Waals surface area contributed by atoms with Gasteiger partial charge in [-0.3, -0.25) is 4.55 Å². The molecule has 0 aliphatic rings. The first-order valence-corrected chi connectivity index (χ1v) is 12.9. The molecule has 0 heterocycles. The molecule has 0 fully saturated rings. The lowest BCUT2D eigenvalue weighted by Gasteiger charge is -2.28. The number of hydrogen-bond acceptors (Lipinski definition) is 2. The van der Waals surface area contributed by atoms with Crippen molar-refractivity contribution in [1.82, 2.24) is 0 Å². The lowest BCUT2D eigenvalue weighted by Crippen LogP contribution is -2.56. The van der Waals surface area contributed by atoms with Crippen LogP contribution in [0.1, 0.15) is 18.1 Å². The van der Waals surface area contributed by atoms with Crippen LogP contribution in [0, 0.1) is 13.8 Å². The standard InChI is InChI=1S/C20H19P.C4H4F6O3S/c1-16-8-12-19(13-9-16)21(18-6-4-3-5-7-18)20-14-10-17(2)11-15-20;1-2(5,6)3(7,8)4(9,10)14(11,12)13/h3-15H,1-2H3;1H3,(H,11,12,13).